The van der Waals surface area contributed by atoms with Crippen LogP contribution in [0.15, 0.2) is 66.2 Å². The summed E-state index contributed by atoms with van der Waals surface area (Å²) in [5.74, 6) is 0.193. The predicted molar refractivity (Wildman–Crippen MR) is 182 cm³/mol. The van der Waals surface area contributed by atoms with E-state index in [4.69, 9.17) is 11.6 Å². The van der Waals surface area contributed by atoms with E-state index in [1.54, 1.807) is 38.1 Å². The molecule has 240 valence electrons. The first-order valence-electron chi connectivity index (χ1n) is 15.2. The molecule has 1 aromatic heterocycles. The summed E-state index contributed by atoms with van der Waals surface area (Å²) in [6.07, 6.45) is 4.82. The number of nitrogens with zero attached hydrogens (tertiary/aromatic N) is 5. The smallest absolute Gasteiger partial charge is 0.247 e. The summed E-state index contributed by atoms with van der Waals surface area (Å²) >= 11 is 6.42. The van der Waals surface area contributed by atoms with Crippen molar-refractivity contribution in [3.63, 3.8) is 0 Å². The molecule has 11 nitrogen and oxygen atoms in total. The molecule has 3 aromatic rings. The Kier molecular flexibility index (Phi) is 10.3. The van der Waals surface area contributed by atoms with Gasteiger partial charge in [-0.05, 0) is 70.1 Å². The quantitative estimate of drug-likeness (QED) is 0.254. The number of sulfone groups is 1. The minimum Gasteiger partial charge on any atom is -0.370 e. The summed E-state index contributed by atoms with van der Waals surface area (Å²) in [6, 6.07) is 13.0. The lowest BCUT2D eigenvalue weighted by molar-refractivity contribution is -0.111. The van der Waals surface area contributed by atoms with E-state index in [0.29, 0.717) is 23.1 Å². The fourth-order valence-corrected chi connectivity index (χ4v) is 7.02. The average Bonchev–Trinajstić information content (AvgIpc) is 3.03. The maximum Gasteiger partial charge on any atom is 0.247 e. The molecule has 45 heavy (non-hydrogen) atoms. The van der Waals surface area contributed by atoms with Crippen molar-refractivity contribution >= 4 is 61.9 Å². The van der Waals surface area contributed by atoms with Crippen molar-refractivity contribution in [1.82, 2.24) is 19.8 Å². The molecule has 2 saturated heterocycles. The number of piperidine rings is 1. The van der Waals surface area contributed by atoms with Crippen molar-refractivity contribution in [2.24, 2.45) is 0 Å². The van der Waals surface area contributed by atoms with Crippen molar-refractivity contribution in [2.45, 2.75) is 42.9 Å². The second-order valence-corrected chi connectivity index (χ2v) is 14.6. The van der Waals surface area contributed by atoms with Crippen LogP contribution in [0, 0.1) is 0 Å². The predicted octanol–water partition coefficient (Wildman–Crippen LogP) is 5.14. The number of halogens is 1. The van der Waals surface area contributed by atoms with E-state index in [1.807, 2.05) is 18.2 Å². The Bertz CT molecular complexity index is 1640. The molecule has 2 aliphatic heterocycles. The first kappa shape index (κ1) is 32.7. The Balaban J connectivity index is 1.34. The topological polar surface area (TPSA) is 123 Å². The van der Waals surface area contributed by atoms with Gasteiger partial charge < -0.3 is 25.8 Å². The zero-order chi connectivity index (χ0) is 32.1. The van der Waals surface area contributed by atoms with Crippen molar-refractivity contribution in [3.05, 3.63) is 66.3 Å². The maximum absolute atomic E-state index is 12.9. The lowest BCUT2D eigenvalue weighted by Gasteiger charge is -2.43. The van der Waals surface area contributed by atoms with Crippen LogP contribution in [-0.2, 0) is 14.6 Å². The first-order valence-corrected chi connectivity index (χ1v) is 17.1. The molecule has 0 bridgehead atoms. The molecule has 3 heterocycles. The fraction of sp³-hybridized carbons (Fsp3) is 0.406. The highest BCUT2D eigenvalue weighted by Gasteiger charge is 2.28. The Morgan fingerprint density at radius 2 is 1.73 bits per heavy atom. The van der Waals surface area contributed by atoms with Crippen LogP contribution in [0.4, 0.5) is 34.5 Å². The third-order valence-corrected chi connectivity index (χ3v) is 10.9. The number of carbonyl (C=O) groups is 1. The number of nitrogens with one attached hydrogen (secondary N) is 3. The van der Waals surface area contributed by atoms with Gasteiger partial charge in [0, 0.05) is 51.0 Å². The lowest BCUT2D eigenvalue weighted by atomic mass is 10.0. The minimum atomic E-state index is -3.55. The highest BCUT2D eigenvalue weighted by Crippen LogP contribution is 2.34. The Morgan fingerprint density at radius 1 is 1.02 bits per heavy atom. The van der Waals surface area contributed by atoms with Gasteiger partial charge in [0.2, 0.25) is 11.9 Å². The van der Waals surface area contributed by atoms with Crippen LogP contribution in [0.2, 0.25) is 5.02 Å². The molecule has 2 aromatic carbocycles. The van der Waals surface area contributed by atoms with Crippen molar-refractivity contribution in [3.8, 4) is 0 Å². The molecule has 3 N–H and O–H groups in total. The van der Waals surface area contributed by atoms with Crippen LogP contribution in [0.5, 0.6) is 0 Å². The van der Waals surface area contributed by atoms with Gasteiger partial charge in [-0.15, -0.1) is 0 Å². The van der Waals surface area contributed by atoms with Crippen molar-refractivity contribution in [1.29, 1.82) is 0 Å². The number of aromatic nitrogens is 2. The second-order valence-electron chi connectivity index (χ2n) is 11.7. The molecule has 0 saturated carbocycles. The molecular weight excluding hydrogens is 612 g/mol. The van der Waals surface area contributed by atoms with Gasteiger partial charge in [0.15, 0.2) is 15.7 Å². The molecule has 1 amide bonds. The number of amides is 1. The second kappa shape index (κ2) is 14.2. The summed E-state index contributed by atoms with van der Waals surface area (Å²) in [4.78, 5) is 28.7. The van der Waals surface area contributed by atoms with Gasteiger partial charge in [-0.1, -0.05) is 30.3 Å². The number of piperazine rings is 1. The molecule has 0 unspecified atom stereocenters. The molecule has 0 aliphatic carbocycles. The van der Waals surface area contributed by atoms with E-state index in [2.05, 4.69) is 54.2 Å². The fourth-order valence-electron chi connectivity index (χ4n) is 5.68. The Morgan fingerprint density at radius 3 is 2.42 bits per heavy atom. The van der Waals surface area contributed by atoms with Crippen LogP contribution in [0.1, 0.15) is 26.7 Å². The highest BCUT2D eigenvalue weighted by atomic mass is 35.5. The largest absolute Gasteiger partial charge is 0.370 e. The van der Waals surface area contributed by atoms with Gasteiger partial charge in [-0.25, -0.2) is 13.4 Å². The number of benzene rings is 2. The SMILES string of the molecule is C=CC(=O)Nc1cc(Nc2ncc(Cl)c(Nc3ccccc3S(=O)(=O)C(C)C)n2)ccc1N1CCC(N2CCN(C)CC2)CC1. The lowest BCUT2D eigenvalue weighted by Crippen LogP contribution is -2.52. The third kappa shape index (κ3) is 7.75. The van der Waals surface area contributed by atoms with Crippen LogP contribution in [-0.4, -0.2) is 91.7 Å². The number of hydrogen-bond donors (Lipinski definition) is 3. The van der Waals surface area contributed by atoms with Crippen molar-refractivity contribution in [2.75, 3.05) is 67.2 Å². The van der Waals surface area contributed by atoms with E-state index in [9.17, 15) is 13.2 Å². The maximum atomic E-state index is 12.9. The van der Waals surface area contributed by atoms with Crippen LogP contribution < -0.4 is 20.9 Å². The normalized spacial score (nSPS) is 16.9. The summed E-state index contributed by atoms with van der Waals surface area (Å²) in [5, 5.41) is 8.85. The number of carbonyl (C=O) groups excluding carboxylic acids is 1. The van der Waals surface area contributed by atoms with E-state index < -0.39 is 15.1 Å². The molecule has 13 heteroatoms. The number of rotatable bonds is 10. The molecule has 0 spiro atoms. The summed E-state index contributed by atoms with van der Waals surface area (Å²) in [6.45, 7) is 13.1. The van der Waals surface area contributed by atoms with E-state index in [1.165, 1.54) is 12.3 Å². The van der Waals surface area contributed by atoms with E-state index >= 15 is 0 Å². The van der Waals surface area contributed by atoms with Gasteiger partial charge in [0.1, 0.15) is 5.02 Å². The number of anilines is 6. The summed E-state index contributed by atoms with van der Waals surface area (Å²) in [5.41, 5.74) is 2.62. The van der Waals surface area contributed by atoms with E-state index in [0.717, 1.165) is 57.8 Å². The van der Waals surface area contributed by atoms with Gasteiger partial charge in [-0.3, -0.25) is 9.69 Å². The zero-order valence-corrected chi connectivity index (χ0v) is 27.5. The van der Waals surface area contributed by atoms with Gasteiger partial charge in [0.05, 0.1) is 33.4 Å². The summed E-state index contributed by atoms with van der Waals surface area (Å²) in [7, 11) is -1.38. The number of hydrogen-bond acceptors (Lipinski definition) is 10. The standard InChI is InChI=1S/C32H41ClN8O3S/c1-5-30(42)36-27-20-23(10-11-28(27)41-14-12-24(13-15-41)40-18-16-39(4)17-19-40)35-32-34-21-25(33)31(38-32)37-26-8-6-7-9-29(26)45(43,44)22(2)3/h5-11,20-22,24H,1,12-19H2,2-4H3,(H,36,42)(H2,34,35,37,38). The van der Waals surface area contributed by atoms with Crippen LogP contribution in [0.25, 0.3) is 0 Å². The van der Waals surface area contributed by atoms with E-state index in [-0.39, 0.29) is 27.6 Å². The average molecular weight is 653 g/mol. The molecule has 2 fully saturated rings. The monoisotopic (exact) mass is 652 g/mol. The highest BCUT2D eigenvalue weighted by molar-refractivity contribution is 7.92. The van der Waals surface area contributed by atoms with Gasteiger partial charge >= 0.3 is 0 Å². The zero-order valence-electron chi connectivity index (χ0n) is 26.0. The molecule has 0 radical (unpaired) electrons. The minimum absolute atomic E-state index is 0.162. The van der Waals surface area contributed by atoms with Gasteiger partial charge in [0.25, 0.3) is 0 Å². The van der Waals surface area contributed by atoms with Crippen molar-refractivity contribution < 1.29 is 13.2 Å². The molecule has 5 rings (SSSR count). The van der Waals surface area contributed by atoms with Crippen LogP contribution >= 0.6 is 11.6 Å². The number of likely N-dealkylation sites (N-methyl/N-ethyl adjacent to an activating group) is 1. The molecular formula is C32H41ClN8O3S. The van der Waals surface area contributed by atoms with Gasteiger partial charge in [-0.2, -0.15) is 4.98 Å². The molecule has 2 aliphatic rings. The molecule has 0 atom stereocenters. The first-order chi connectivity index (χ1) is 21.5. The van der Waals surface area contributed by atoms with Crippen LogP contribution in [0.3, 0.4) is 0 Å². The Labute approximate surface area is 270 Å². The third-order valence-electron chi connectivity index (χ3n) is 8.37. The Hall–Kier alpha value is -3.71. The number of para-hydroxylation sites is 1. The summed E-state index contributed by atoms with van der Waals surface area (Å²) < 4.78 is 25.9.